The van der Waals surface area contributed by atoms with Gasteiger partial charge in [-0.1, -0.05) is 329 Å². The highest BCUT2D eigenvalue weighted by molar-refractivity contribution is 6.27. The van der Waals surface area contributed by atoms with E-state index in [0.29, 0.717) is 16.9 Å². The Morgan fingerprint density at radius 2 is 0.462 bits per heavy atom. The Morgan fingerprint density at radius 1 is 0.208 bits per heavy atom. The van der Waals surface area contributed by atoms with Crippen molar-refractivity contribution in [2.75, 3.05) is 0 Å². The predicted octanol–water partition coefficient (Wildman–Crippen LogP) is 33.0. The first-order chi connectivity index (χ1) is 63.8. The smallest absolute Gasteiger partial charge is 0.189 e. The summed E-state index contributed by atoms with van der Waals surface area (Å²) in [5.74, 6) is 0. The lowest BCUT2D eigenvalue weighted by Gasteiger charge is -2.15. The molecule has 0 saturated carbocycles. The molecule has 602 valence electrons. The number of nitrogens with zero attached hydrogens (tertiary/aromatic N) is 9. The molecular weight excluding hydrogens is 1580 g/mol. The summed E-state index contributed by atoms with van der Waals surface area (Å²) in [6.07, 6.45) is 0. The summed E-state index contributed by atoms with van der Waals surface area (Å²) in [6, 6.07) is 150. The van der Waals surface area contributed by atoms with E-state index in [1.54, 1.807) is 0 Å². The van der Waals surface area contributed by atoms with Gasteiger partial charge in [-0.05, 0) is 151 Å². The summed E-state index contributed by atoms with van der Waals surface area (Å²) in [5.41, 5.74) is 24.8. The van der Waals surface area contributed by atoms with E-state index >= 15 is 0 Å². The third-order valence-electron chi connectivity index (χ3n) is 26.3. The van der Waals surface area contributed by atoms with Crippen LogP contribution in [0, 0.1) is 24.5 Å². The number of pyridine rings is 3. The van der Waals surface area contributed by atoms with Gasteiger partial charge in [-0.3, -0.25) is 0 Å². The number of fused-ring (bicyclic) bond motifs is 27. The molecule has 9 nitrogen and oxygen atoms in total. The van der Waals surface area contributed by atoms with E-state index in [-0.39, 0.29) is 7.43 Å². The van der Waals surface area contributed by atoms with Crippen molar-refractivity contribution in [3.63, 3.8) is 0 Å². The van der Waals surface area contributed by atoms with Gasteiger partial charge in [0.15, 0.2) is 11.4 Å². The summed E-state index contributed by atoms with van der Waals surface area (Å²) < 4.78 is 6.90. The summed E-state index contributed by atoms with van der Waals surface area (Å²) in [6.45, 7) is 15.3. The molecule has 0 bridgehead atoms. The van der Waals surface area contributed by atoms with Crippen LogP contribution in [0.1, 0.15) is 13.0 Å². The van der Waals surface area contributed by atoms with Crippen LogP contribution in [0.2, 0.25) is 0 Å². The van der Waals surface area contributed by atoms with Crippen molar-refractivity contribution in [2.45, 2.75) is 7.43 Å². The maximum absolute atomic E-state index is 9.77. The highest BCUT2D eigenvalue weighted by Crippen LogP contribution is 2.49. The minimum Gasteiger partial charge on any atom is -0.310 e. The molecule has 0 aliphatic heterocycles. The Kier molecular flexibility index (Phi) is 17.8. The van der Waals surface area contributed by atoms with Crippen LogP contribution < -0.4 is 0 Å². The highest BCUT2D eigenvalue weighted by atomic mass is 15.0. The molecule has 9 heteroatoms. The molecule has 0 aliphatic carbocycles. The molecular formula is C121H73N9. The highest BCUT2D eigenvalue weighted by Gasteiger charge is 2.25. The Balaban J connectivity index is 0.000000108. The maximum Gasteiger partial charge on any atom is 0.189 e. The van der Waals surface area contributed by atoms with Gasteiger partial charge in [0.25, 0.3) is 0 Å². The topological polar surface area (TPSA) is 86.0 Å². The Labute approximate surface area is 746 Å². The fourth-order valence-corrected chi connectivity index (χ4v) is 20.4. The van der Waals surface area contributed by atoms with Crippen LogP contribution in [0.4, 0.5) is 11.4 Å². The second-order valence-corrected chi connectivity index (χ2v) is 33.2. The fourth-order valence-electron chi connectivity index (χ4n) is 20.4. The molecule has 130 heavy (non-hydrogen) atoms. The molecule has 6 aromatic heterocycles. The molecule has 0 saturated heterocycles. The zero-order valence-corrected chi connectivity index (χ0v) is 69.4. The molecule has 27 aromatic rings. The van der Waals surface area contributed by atoms with Gasteiger partial charge in [0, 0.05) is 131 Å². The van der Waals surface area contributed by atoms with E-state index in [1.807, 2.05) is 54.6 Å². The summed E-state index contributed by atoms with van der Waals surface area (Å²) in [4.78, 5) is 23.6. The first-order valence-electron chi connectivity index (χ1n) is 43.3. The lowest BCUT2D eigenvalue weighted by molar-refractivity contribution is 1.18. The fraction of sp³-hybridized carbons (Fsp3) is 0.00826. The van der Waals surface area contributed by atoms with Crippen molar-refractivity contribution in [2.24, 2.45) is 0 Å². The van der Waals surface area contributed by atoms with E-state index in [0.717, 1.165) is 197 Å². The van der Waals surface area contributed by atoms with Crippen LogP contribution in [0.25, 0.3) is 256 Å². The lowest BCUT2D eigenvalue weighted by atomic mass is 9.92. The monoisotopic (exact) mass is 1650 g/mol. The number of hydrogen-bond acceptors (Lipinski definition) is 4. The Morgan fingerprint density at radius 3 is 0.823 bits per heavy atom. The number of aromatic nitrogens is 6. The van der Waals surface area contributed by atoms with Gasteiger partial charge in [-0.25, -0.2) is 24.6 Å². The van der Waals surface area contributed by atoms with Crippen molar-refractivity contribution >= 4 is 207 Å². The SMILES string of the molecule is C.N#Cc1ccc2c(c1)c1cc(-c3c4ccc5ccccc5c4nc4c3ccc3ccccc34)ccc1n2-c1ccccc1.[C-]#[N+]c1ccc2c(c1)c1ccc(-c3c4ccc5ccccc5c4nc4c3ccc3ccccc34)cc1n2-c1ccccc1.[C-]#[N+]c1ccc2c3ccc(-c4c5ccc6ccccc6c5nc5c4ccc4ccccc45)cc3n(-c3ccccc3)c2c1. The van der Waals surface area contributed by atoms with Gasteiger partial charge in [0.2, 0.25) is 0 Å². The van der Waals surface area contributed by atoms with E-state index < -0.39 is 0 Å². The van der Waals surface area contributed by atoms with Crippen molar-refractivity contribution in [3.05, 3.63) is 447 Å². The minimum atomic E-state index is 0. The zero-order valence-electron chi connectivity index (χ0n) is 69.4. The van der Waals surface area contributed by atoms with Gasteiger partial charge in [-0.2, -0.15) is 5.26 Å². The number of rotatable bonds is 6. The van der Waals surface area contributed by atoms with E-state index in [1.165, 1.54) is 49.0 Å². The third-order valence-corrected chi connectivity index (χ3v) is 26.3. The minimum absolute atomic E-state index is 0. The standard InChI is InChI=1S/3C40H23N3.CH4/c1-41-28-18-22-33-32-19-17-27(23-36(32)43(37(33)24-28)29-11-3-2-4-12-29)38-34-20-15-25-9-5-7-13-30(25)39(34)42-40-31-14-8-6-10-26(31)16-21-35(38)40;1-41-28-18-22-36-35(24-28)32-19-17-27(23-37(32)43(36)29-11-3-2-4-12-29)38-33-20-15-25-9-5-7-13-30(25)39(33)42-40-31-14-8-6-10-26(31)16-21-34(38)40;41-24-25-14-20-36-34(22-25)35-23-28(17-21-37(35)43(36)29-10-2-1-3-11-29)38-32-18-15-26-8-4-6-12-30(26)39(32)42-40-31-13-7-5-9-27(31)16-19-33(38)40;/h2*2-24H;1-23H;1H4. The number of hydrogen-bond donors (Lipinski definition) is 0. The average molecular weight is 1650 g/mol. The molecule has 0 aliphatic rings. The van der Waals surface area contributed by atoms with Crippen LogP contribution in [-0.4, -0.2) is 28.7 Å². The second kappa shape index (κ2) is 30.5. The summed E-state index contributed by atoms with van der Waals surface area (Å²) in [7, 11) is 0. The largest absolute Gasteiger partial charge is 0.310 e. The first-order valence-corrected chi connectivity index (χ1v) is 43.3. The normalized spacial score (nSPS) is 11.6. The van der Waals surface area contributed by atoms with Crippen LogP contribution in [0.3, 0.4) is 0 Å². The van der Waals surface area contributed by atoms with Crippen LogP contribution in [0.15, 0.2) is 419 Å². The number of benzene rings is 21. The second-order valence-electron chi connectivity index (χ2n) is 33.2. The van der Waals surface area contributed by atoms with Crippen molar-refractivity contribution in [1.82, 2.24) is 28.7 Å². The predicted molar refractivity (Wildman–Crippen MR) is 546 cm³/mol. The van der Waals surface area contributed by atoms with Crippen LogP contribution in [-0.2, 0) is 0 Å². The summed E-state index contributed by atoms with van der Waals surface area (Å²) in [5, 5.41) is 37.3. The van der Waals surface area contributed by atoms with E-state index in [4.69, 9.17) is 28.1 Å². The number of nitriles is 1. The Hall–Kier alpha value is -17.9. The molecule has 0 unspecified atom stereocenters. The molecule has 0 spiro atoms. The van der Waals surface area contributed by atoms with Crippen LogP contribution >= 0.6 is 0 Å². The quantitative estimate of drug-likeness (QED) is 0.0943. The van der Waals surface area contributed by atoms with E-state index in [9.17, 15) is 5.26 Å². The number of para-hydroxylation sites is 3. The Bertz CT molecular complexity index is 9130. The van der Waals surface area contributed by atoms with Crippen molar-refractivity contribution in [1.29, 1.82) is 5.26 Å². The van der Waals surface area contributed by atoms with Crippen molar-refractivity contribution < 1.29 is 0 Å². The van der Waals surface area contributed by atoms with Crippen LogP contribution in [0.5, 0.6) is 0 Å². The molecule has 21 aromatic carbocycles. The molecule has 0 atom stereocenters. The van der Waals surface area contributed by atoms with E-state index in [2.05, 4.69) is 393 Å². The molecule has 0 fully saturated rings. The molecule has 6 heterocycles. The van der Waals surface area contributed by atoms with Crippen molar-refractivity contribution in [3.8, 4) is 56.5 Å². The maximum atomic E-state index is 9.77. The third kappa shape index (κ3) is 12.0. The van der Waals surface area contributed by atoms with Gasteiger partial charge in [-0.15, -0.1) is 0 Å². The molecule has 0 amide bonds. The molecule has 0 radical (unpaired) electrons. The van der Waals surface area contributed by atoms with Gasteiger partial charge < -0.3 is 13.7 Å². The lowest BCUT2D eigenvalue weighted by Crippen LogP contribution is -1.94. The van der Waals surface area contributed by atoms with Gasteiger partial charge in [0.1, 0.15) is 0 Å². The average Bonchev–Trinajstić information content (AvgIpc) is 1.31. The molecule has 27 rings (SSSR count). The first kappa shape index (κ1) is 75.8. The summed E-state index contributed by atoms with van der Waals surface area (Å²) >= 11 is 0. The zero-order chi connectivity index (χ0) is 85.5. The van der Waals surface area contributed by atoms with Gasteiger partial charge >= 0.3 is 0 Å². The van der Waals surface area contributed by atoms with Gasteiger partial charge in [0.05, 0.1) is 85.5 Å². The molecule has 0 N–H and O–H groups in total.